The van der Waals surface area contributed by atoms with E-state index in [0.29, 0.717) is 6.54 Å². The highest BCUT2D eigenvalue weighted by atomic mass is 32.2. The Balaban J connectivity index is 1.91. The first-order valence-corrected chi connectivity index (χ1v) is 7.96. The fourth-order valence-corrected chi connectivity index (χ4v) is 3.19. The number of nitrogens with one attached hydrogen (secondary N) is 1. The molecule has 0 bridgehead atoms. The summed E-state index contributed by atoms with van der Waals surface area (Å²) in [6.07, 6.45) is 1.63. The Morgan fingerprint density at radius 2 is 2.05 bits per heavy atom. The molecular weight excluding hydrogens is 272 g/mol. The van der Waals surface area contributed by atoms with Gasteiger partial charge in [-0.05, 0) is 18.6 Å². The van der Waals surface area contributed by atoms with E-state index in [1.807, 2.05) is 25.1 Å². The smallest absolute Gasteiger partial charge is 0.243 e. The zero-order valence-electron chi connectivity index (χ0n) is 11.7. The van der Waals surface area contributed by atoms with Crippen LogP contribution >= 0.6 is 11.8 Å². The average Bonchev–Trinajstić information content (AvgIpc) is 2.47. The fraction of sp³-hybridized carbons (Fsp3) is 0.467. The molecule has 108 valence electrons. The summed E-state index contributed by atoms with van der Waals surface area (Å²) in [4.78, 5) is 26.8. The number of hydrogen-bond donors (Lipinski definition) is 1. The summed E-state index contributed by atoms with van der Waals surface area (Å²) in [5.74, 6) is 0.816. The molecule has 1 N–H and O–H groups in total. The summed E-state index contributed by atoms with van der Waals surface area (Å²) in [6, 6.07) is 9.80. The number of hydrogen-bond acceptors (Lipinski definition) is 3. The zero-order valence-corrected chi connectivity index (χ0v) is 12.5. The fourth-order valence-electron chi connectivity index (χ4n) is 2.32. The van der Waals surface area contributed by atoms with Crippen molar-refractivity contribution in [2.24, 2.45) is 0 Å². The first-order valence-electron chi connectivity index (χ1n) is 6.97. The van der Waals surface area contributed by atoms with Crippen LogP contribution in [-0.4, -0.2) is 41.6 Å². The Hall–Kier alpha value is -1.49. The third-order valence-electron chi connectivity index (χ3n) is 3.32. The highest BCUT2D eigenvalue weighted by molar-refractivity contribution is 7.99. The van der Waals surface area contributed by atoms with E-state index in [0.717, 1.165) is 18.6 Å². The molecule has 0 aromatic heterocycles. The first kappa shape index (κ1) is 14.9. The van der Waals surface area contributed by atoms with Gasteiger partial charge in [-0.3, -0.25) is 9.59 Å². The minimum atomic E-state index is -0.294. The molecule has 0 spiro atoms. The molecule has 2 rings (SSSR count). The van der Waals surface area contributed by atoms with Crippen LogP contribution in [0, 0.1) is 0 Å². The summed E-state index contributed by atoms with van der Waals surface area (Å²) in [7, 11) is 0. The van der Waals surface area contributed by atoms with Crippen molar-refractivity contribution < 1.29 is 9.59 Å². The standard InChI is InChI=1S/C15H20N2O2S/c1-2-6-13-15(19)16-11-14(18)17(13)9-10-20-12-7-4-3-5-8-12/h3-5,7-8,13H,2,6,9-11H2,1H3,(H,16,19). The van der Waals surface area contributed by atoms with Crippen molar-refractivity contribution in [3.63, 3.8) is 0 Å². The zero-order chi connectivity index (χ0) is 14.4. The molecule has 1 fully saturated rings. The van der Waals surface area contributed by atoms with Gasteiger partial charge >= 0.3 is 0 Å². The second-order valence-corrected chi connectivity index (χ2v) is 5.94. The molecule has 1 aliphatic heterocycles. The van der Waals surface area contributed by atoms with Crippen LogP contribution < -0.4 is 5.32 Å². The second-order valence-electron chi connectivity index (χ2n) is 4.77. The summed E-state index contributed by atoms with van der Waals surface area (Å²) in [5.41, 5.74) is 0. The molecule has 0 radical (unpaired) electrons. The topological polar surface area (TPSA) is 49.4 Å². The summed E-state index contributed by atoms with van der Waals surface area (Å²) >= 11 is 1.71. The highest BCUT2D eigenvalue weighted by Crippen LogP contribution is 2.19. The van der Waals surface area contributed by atoms with Crippen LogP contribution in [0.15, 0.2) is 35.2 Å². The van der Waals surface area contributed by atoms with Gasteiger partial charge in [0.2, 0.25) is 11.8 Å². The van der Waals surface area contributed by atoms with E-state index in [4.69, 9.17) is 0 Å². The normalized spacial score (nSPS) is 19.1. The SMILES string of the molecule is CCCC1C(=O)NCC(=O)N1CCSc1ccccc1. The predicted octanol–water partition coefficient (Wildman–Crippen LogP) is 1.91. The molecule has 1 saturated heterocycles. The number of carbonyl (C=O) groups is 2. The van der Waals surface area contributed by atoms with E-state index in [2.05, 4.69) is 17.4 Å². The van der Waals surface area contributed by atoms with Crippen LogP contribution in [-0.2, 0) is 9.59 Å². The maximum absolute atomic E-state index is 12.0. The maximum Gasteiger partial charge on any atom is 0.243 e. The van der Waals surface area contributed by atoms with Crippen molar-refractivity contribution in [2.45, 2.75) is 30.7 Å². The quantitative estimate of drug-likeness (QED) is 0.815. The lowest BCUT2D eigenvalue weighted by Crippen LogP contribution is -2.58. The van der Waals surface area contributed by atoms with Gasteiger partial charge in [0.05, 0.1) is 6.54 Å². The third kappa shape index (κ3) is 3.76. The molecule has 1 heterocycles. The van der Waals surface area contributed by atoms with E-state index in [9.17, 15) is 9.59 Å². The molecule has 2 amide bonds. The van der Waals surface area contributed by atoms with Crippen molar-refractivity contribution in [1.82, 2.24) is 10.2 Å². The molecule has 1 aliphatic rings. The molecule has 0 aliphatic carbocycles. The largest absolute Gasteiger partial charge is 0.345 e. The van der Waals surface area contributed by atoms with E-state index < -0.39 is 0 Å². The molecule has 1 atom stereocenters. The van der Waals surface area contributed by atoms with Gasteiger partial charge in [-0.25, -0.2) is 0 Å². The third-order valence-corrected chi connectivity index (χ3v) is 4.31. The lowest BCUT2D eigenvalue weighted by atomic mass is 10.1. The predicted molar refractivity (Wildman–Crippen MR) is 80.6 cm³/mol. The lowest BCUT2D eigenvalue weighted by molar-refractivity contribution is -0.145. The first-order chi connectivity index (χ1) is 9.72. The number of benzene rings is 1. The van der Waals surface area contributed by atoms with Crippen molar-refractivity contribution >= 4 is 23.6 Å². The van der Waals surface area contributed by atoms with Gasteiger partial charge in [-0.15, -0.1) is 11.8 Å². The van der Waals surface area contributed by atoms with Crippen LogP contribution in [0.3, 0.4) is 0 Å². The Bertz CT molecular complexity index is 464. The van der Waals surface area contributed by atoms with Gasteiger partial charge in [-0.2, -0.15) is 0 Å². The molecule has 1 aromatic rings. The van der Waals surface area contributed by atoms with Gasteiger partial charge < -0.3 is 10.2 Å². The van der Waals surface area contributed by atoms with Crippen LogP contribution in [0.1, 0.15) is 19.8 Å². The van der Waals surface area contributed by atoms with Crippen LogP contribution in [0.4, 0.5) is 0 Å². The van der Waals surface area contributed by atoms with E-state index >= 15 is 0 Å². The molecule has 0 saturated carbocycles. The second kappa shape index (κ2) is 7.33. The number of carbonyl (C=O) groups excluding carboxylic acids is 2. The number of amides is 2. The Labute approximate surface area is 123 Å². The van der Waals surface area contributed by atoms with Crippen molar-refractivity contribution in [3.8, 4) is 0 Å². The van der Waals surface area contributed by atoms with Crippen LogP contribution in [0.5, 0.6) is 0 Å². The van der Waals surface area contributed by atoms with Crippen LogP contribution in [0.25, 0.3) is 0 Å². The van der Waals surface area contributed by atoms with E-state index in [1.54, 1.807) is 16.7 Å². The van der Waals surface area contributed by atoms with Crippen molar-refractivity contribution in [2.75, 3.05) is 18.8 Å². The summed E-state index contributed by atoms with van der Waals surface area (Å²) < 4.78 is 0. The lowest BCUT2D eigenvalue weighted by Gasteiger charge is -2.34. The molecule has 4 nitrogen and oxygen atoms in total. The Morgan fingerprint density at radius 3 is 2.75 bits per heavy atom. The molecule has 5 heteroatoms. The average molecular weight is 292 g/mol. The summed E-state index contributed by atoms with van der Waals surface area (Å²) in [5, 5.41) is 2.67. The van der Waals surface area contributed by atoms with Crippen LogP contribution in [0.2, 0.25) is 0 Å². The molecular formula is C15H20N2O2S. The van der Waals surface area contributed by atoms with Gasteiger partial charge in [0.25, 0.3) is 0 Å². The monoisotopic (exact) mass is 292 g/mol. The molecule has 1 aromatic carbocycles. The Morgan fingerprint density at radius 1 is 1.30 bits per heavy atom. The van der Waals surface area contributed by atoms with Gasteiger partial charge in [0, 0.05) is 17.2 Å². The van der Waals surface area contributed by atoms with E-state index in [-0.39, 0.29) is 24.4 Å². The minimum absolute atomic E-state index is 0.0174. The minimum Gasteiger partial charge on any atom is -0.345 e. The maximum atomic E-state index is 12.0. The summed E-state index contributed by atoms with van der Waals surface area (Å²) in [6.45, 7) is 2.79. The molecule has 1 unspecified atom stereocenters. The Kier molecular flexibility index (Phi) is 5.47. The molecule has 20 heavy (non-hydrogen) atoms. The van der Waals surface area contributed by atoms with Crippen molar-refractivity contribution in [1.29, 1.82) is 0 Å². The highest BCUT2D eigenvalue weighted by Gasteiger charge is 2.33. The number of piperazine rings is 1. The number of rotatable bonds is 6. The van der Waals surface area contributed by atoms with Gasteiger partial charge in [-0.1, -0.05) is 31.5 Å². The van der Waals surface area contributed by atoms with Gasteiger partial charge in [0.1, 0.15) is 6.04 Å². The number of nitrogens with zero attached hydrogens (tertiary/aromatic N) is 1. The van der Waals surface area contributed by atoms with Crippen molar-refractivity contribution in [3.05, 3.63) is 30.3 Å². The number of thioether (sulfide) groups is 1. The van der Waals surface area contributed by atoms with Gasteiger partial charge in [0.15, 0.2) is 0 Å². The van der Waals surface area contributed by atoms with E-state index in [1.165, 1.54) is 4.90 Å².